The van der Waals surface area contributed by atoms with Crippen LogP contribution in [-0.2, 0) is 19.4 Å². The van der Waals surface area contributed by atoms with Gasteiger partial charge in [0, 0.05) is 16.3 Å². The molecule has 0 amide bonds. The van der Waals surface area contributed by atoms with Gasteiger partial charge in [0.25, 0.3) is 0 Å². The molecule has 0 radical (unpaired) electrons. The van der Waals surface area contributed by atoms with Crippen LogP contribution in [0.25, 0.3) is 10.4 Å². The van der Waals surface area contributed by atoms with Gasteiger partial charge in [-0.15, -0.1) is 11.3 Å². The summed E-state index contributed by atoms with van der Waals surface area (Å²) in [6.07, 6.45) is 2.78. The molecule has 0 atom stereocenters. The molecule has 1 aliphatic rings. The van der Waals surface area contributed by atoms with Crippen molar-refractivity contribution in [3.05, 3.63) is 45.3 Å². The van der Waals surface area contributed by atoms with Crippen LogP contribution in [-0.4, -0.2) is 18.1 Å². The topological polar surface area (TPSA) is 73.1 Å². The molecule has 1 aromatic carbocycles. The van der Waals surface area contributed by atoms with Crippen LogP contribution in [0.4, 0.5) is 0 Å². The predicted molar refractivity (Wildman–Crippen MR) is 100.0 cm³/mol. The largest absolute Gasteiger partial charge is 0.478 e. The van der Waals surface area contributed by atoms with Crippen molar-refractivity contribution in [2.75, 3.05) is 7.05 Å². The molecule has 0 aliphatic heterocycles. The fourth-order valence-electron chi connectivity index (χ4n) is 3.54. The van der Waals surface area contributed by atoms with Crippen molar-refractivity contribution in [3.8, 4) is 16.5 Å². The van der Waals surface area contributed by atoms with E-state index in [0.29, 0.717) is 17.7 Å². The molecule has 0 unspecified atom stereocenters. The number of aryl methyl sites for hydroxylation is 1. The highest BCUT2D eigenvalue weighted by atomic mass is 32.1. The minimum Gasteiger partial charge on any atom is -0.478 e. The molecule has 0 fully saturated rings. The Hall–Kier alpha value is -2.16. The molecular formula is C20H22N2O2S. The number of nitrogens with one attached hydrogen (secondary N) is 1. The number of carbonyl (C=O) groups is 1. The highest BCUT2D eigenvalue weighted by Crippen LogP contribution is 2.45. The fraction of sp³-hybridized carbons (Fsp3) is 0.400. The van der Waals surface area contributed by atoms with Crippen LogP contribution in [0.2, 0.25) is 0 Å². The first kappa shape index (κ1) is 17.7. The van der Waals surface area contributed by atoms with E-state index in [2.05, 4.69) is 25.2 Å². The van der Waals surface area contributed by atoms with Crippen molar-refractivity contribution in [3.63, 3.8) is 0 Å². The number of nitrogens with zero attached hydrogens (tertiary/aromatic N) is 1. The molecule has 0 bridgehead atoms. The Balaban J connectivity index is 2.24. The first-order valence-electron chi connectivity index (χ1n) is 8.42. The molecule has 5 heteroatoms. The maximum absolute atomic E-state index is 12.1. The van der Waals surface area contributed by atoms with Gasteiger partial charge in [0.1, 0.15) is 0 Å². The van der Waals surface area contributed by atoms with E-state index in [1.54, 1.807) is 17.4 Å². The smallest absolute Gasteiger partial charge is 0.337 e. The monoisotopic (exact) mass is 354 g/mol. The average molecular weight is 354 g/mol. The second kappa shape index (κ2) is 6.62. The molecule has 1 aromatic heterocycles. The number of thiophene rings is 1. The lowest BCUT2D eigenvalue weighted by atomic mass is 9.76. The Labute approximate surface area is 152 Å². The Bertz CT molecular complexity index is 875. The van der Waals surface area contributed by atoms with E-state index in [-0.39, 0.29) is 5.41 Å². The average Bonchev–Trinajstić information content (AvgIpc) is 2.92. The molecular weight excluding hydrogens is 332 g/mol. The van der Waals surface area contributed by atoms with Crippen molar-refractivity contribution >= 4 is 17.3 Å². The Morgan fingerprint density at radius 3 is 2.84 bits per heavy atom. The number of carboxylic acid groups (broad SMARTS) is 1. The van der Waals surface area contributed by atoms with Crippen molar-refractivity contribution in [1.29, 1.82) is 5.26 Å². The second-order valence-corrected chi connectivity index (χ2v) is 8.47. The first-order valence-corrected chi connectivity index (χ1v) is 9.24. The minimum atomic E-state index is -0.872. The fourth-order valence-corrected chi connectivity index (χ4v) is 4.90. The summed E-state index contributed by atoms with van der Waals surface area (Å²) in [6, 6.07) is 7.69. The van der Waals surface area contributed by atoms with Gasteiger partial charge in [0.05, 0.1) is 17.2 Å². The molecule has 0 spiro atoms. The van der Waals surface area contributed by atoms with Crippen LogP contribution < -0.4 is 5.32 Å². The molecule has 1 heterocycles. The predicted octanol–water partition coefficient (Wildman–Crippen LogP) is 4.22. The molecule has 130 valence electrons. The van der Waals surface area contributed by atoms with Crippen molar-refractivity contribution in [2.24, 2.45) is 5.41 Å². The van der Waals surface area contributed by atoms with Gasteiger partial charge < -0.3 is 10.4 Å². The van der Waals surface area contributed by atoms with Gasteiger partial charge in [-0.25, -0.2) is 4.79 Å². The molecule has 3 rings (SSSR count). The summed E-state index contributed by atoms with van der Waals surface area (Å²) in [5, 5.41) is 22.3. The van der Waals surface area contributed by atoms with Gasteiger partial charge in [0.2, 0.25) is 0 Å². The van der Waals surface area contributed by atoms with Crippen molar-refractivity contribution in [2.45, 2.75) is 39.7 Å². The van der Waals surface area contributed by atoms with Crippen LogP contribution in [0.5, 0.6) is 0 Å². The minimum absolute atomic E-state index is 0.123. The van der Waals surface area contributed by atoms with Crippen LogP contribution in [0.1, 0.15) is 52.2 Å². The lowest BCUT2D eigenvalue weighted by molar-refractivity contribution is 0.0696. The van der Waals surface area contributed by atoms with Gasteiger partial charge in [-0.3, -0.25) is 0 Å². The third-order valence-electron chi connectivity index (χ3n) is 4.84. The normalized spacial score (nSPS) is 15.4. The van der Waals surface area contributed by atoms with Gasteiger partial charge in [-0.2, -0.15) is 5.26 Å². The summed E-state index contributed by atoms with van der Waals surface area (Å²) >= 11 is 1.59. The SMILES string of the molecule is CNCc1ccc(C#N)cc1-c1sc2c(c1C(=O)O)CC(C)(C)CC2. The summed E-state index contributed by atoms with van der Waals surface area (Å²) in [5.74, 6) is -0.872. The summed E-state index contributed by atoms with van der Waals surface area (Å²) in [7, 11) is 1.86. The van der Waals surface area contributed by atoms with Gasteiger partial charge in [0.15, 0.2) is 0 Å². The Morgan fingerprint density at radius 2 is 2.20 bits per heavy atom. The number of nitriles is 1. The number of benzene rings is 1. The van der Waals surface area contributed by atoms with Crippen LogP contribution in [0, 0.1) is 16.7 Å². The standard InChI is InChI=1S/C20H22N2O2S/c1-20(2)7-6-16-15(9-20)17(19(23)24)18(25-16)14-8-12(10-21)4-5-13(14)11-22-3/h4-5,8,22H,6-7,9,11H2,1-3H3,(H,23,24). The number of hydrogen-bond donors (Lipinski definition) is 2. The van der Waals surface area contributed by atoms with Gasteiger partial charge >= 0.3 is 5.97 Å². The van der Waals surface area contributed by atoms with E-state index in [1.165, 1.54) is 4.88 Å². The van der Waals surface area contributed by atoms with Gasteiger partial charge in [-0.1, -0.05) is 19.9 Å². The number of rotatable bonds is 4. The number of aromatic carboxylic acids is 1. The highest BCUT2D eigenvalue weighted by Gasteiger charge is 2.33. The highest BCUT2D eigenvalue weighted by molar-refractivity contribution is 7.16. The van der Waals surface area contributed by atoms with E-state index >= 15 is 0 Å². The number of hydrogen-bond acceptors (Lipinski definition) is 4. The Kier molecular flexibility index (Phi) is 4.68. The summed E-state index contributed by atoms with van der Waals surface area (Å²) in [5.41, 5.74) is 3.97. The third-order valence-corrected chi connectivity index (χ3v) is 6.16. The van der Waals surface area contributed by atoms with Crippen molar-refractivity contribution in [1.82, 2.24) is 5.32 Å². The quantitative estimate of drug-likeness (QED) is 0.862. The third kappa shape index (κ3) is 3.33. The lowest BCUT2D eigenvalue weighted by Crippen LogP contribution is -2.22. The summed E-state index contributed by atoms with van der Waals surface area (Å²) < 4.78 is 0. The van der Waals surface area contributed by atoms with E-state index in [1.807, 2.05) is 19.2 Å². The maximum atomic E-state index is 12.1. The molecule has 0 saturated carbocycles. The Morgan fingerprint density at radius 1 is 1.44 bits per heavy atom. The first-order chi connectivity index (χ1) is 11.9. The molecule has 2 aromatic rings. The van der Waals surface area contributed by atoms with Crippen LogP contribution in [0.15, 0.2) is 18.2 Å². The molecule has 0 saturated heterocycles. The zero-order valence-corrected chi connectivity index (χ0v) is 15.6. The van der Waals surface area contributed by atoms with E-state index in [9.17, 15) is 15.2 Å². The number of carboxylic acids is 1. The number of fused-ring (bicyclic) bond motifs is 1. The van der Waals surface area contributed by atoms with E-state index in [0.717, 1.165) is 40.8 Å². The van der Waals surface area contributed by atoms with Gasteiger partial charge in [-0.05, 0) is 60.5 Å². The van der Waals surface area contributed by atoms with E-state index in [4.69, 9.17) is 0 Å². The van der Waals surface area contributed by atoms with E-state index < -0.39 is 5.97 Å². The maximum Gasteiger partial charge on any atom is 0.337 e. The van der Waals surface area contributed by atoms with Crippen LogP contribution in [0.3, 0.4) is 0 Å². The second-order valence-electron chi connectivity index (χ2n) is 7.37. The zero-order chi connectivity index (χ0) is 18.2. The molecule has 25 heavy (non-hydrogen) atoms. The molecule has 4 nitrogen and oxygen atoms in total. The molecule has 1 aliphatic carbocycles. The molecule has 2 N–H and O–H groups in total. The lowest BCUT2D eigenvalue weighted by Gasteiger charge is -2.29. The van der Waals surface area contributed by atoms with Crippen molar-refractivity contribution < 1.29 is 9.90 Å². The van der Waals surface area contributed by atoms with Crippen LogP contribution >= 0.6 is 11.3 Å². The summed E-state index contributed by atoms with van der Waals surface area (Å²) in [6.45, 7) is 5.03. The zero-order valence-electron chi connectivity index (χ0n) is 14.8. The summed E-state index contributed by atoms with van der Waals surface area (Å²) in [4.78, 5) is 14.1.